The largest absolute Gasteiger partial charge is 0.427 e. The number of allylic oxidation sites excluding steroid dienone is 1. The standard InChI is InChI=1S/C6H10O2S/c1-5(2)3-4-8-6(7)9/h3-5H,1-2H3,(H,7,9). The molecule has 0 aromatic heterocycles. The van der Waals surface area contributed by atoms with Crippen molar-refractivity contribution in [3.05, 3.63) is 12.3 Å². The molecule has 0 aliphatic carbocycles. The smallest absolute Gasteiger partial charge is 0.369 e. The van der Waals surface area contributed by atoms with Crippen molar-refractivity contribution < 1.29 is 9.53 Å². The summed E-state index contributed by atoms with van der Waals surface area (Å²) in [4.78, 5) is 10.0. The molecule has 0 aliphatic rings. The van der Waals surface area contributed by atoms with Crippen LogP contribution in [0.5, 0.6) is 0 Å². The number of ether oxygens (including phenoxy) is 1. The Balaban J connectivity index is 3.36. The molecule has 0 amide bonds. The molecule has 0 atom stereocenters. The Kier molecular flexibility index (Phi) is 4.22. The molecule has 0 saturated heterocycles. The highest BCUT2D eigenvalue weighted by Crippen LogP contribution is 1.94. The van der Waals surface area contributed by atoms with Crippen LogP contribution in [0.25, 0.3) is 0 Å². The van der Waals surface area contributed by atoms with Crippen LogP contribution in [0.1, 0.15) is 13.8 Å². The van der Waals surface area contributed by atoms with Crippen LogP contribution < -0.4 is 0 Å². The highest BCUT2D eigenvalue weighted by molar-refractivity contribution is 7.96. The summed E-state index contributed by atoms with van der Waals surface area (Å²) in [5, 5.41) is -0.577. The van der Waals surface area contributed by atoms with E-state index in [2.05, 4.69) is 17.4 Å². The van der Waals surface area contributed by atoms with Crippen LogP contribution in [0.15, 0.2) is 12.3 Å². The Hall–Kier alpha value is -0.440. The predicted octanol–water partition coefficient (Wildman–Crippen LogP) is 2.22. The van der Waals surface area contributed by atoms with Gasteiger partial charge >= 0.3 is 5.30 Å². The van der Waals surface area contributed by atoms with Crippen LogP contribution in [0.4, 0.5) is 4.79 Å². The normalized spacial score (nSPS) is 10.7. The number of carbonyl (C=O) groups is 1. The molecule has 0 aliphatic heterocycles. The Labute approximate surface area is 60.3 Å². The summed E-state index contributed by atoms with van der Waals surface area (Å²) in [5.41, 5.74) is 0. The Morgan fingerprint density at radius 1 is 1.67 bits per heavy atom. The van der Waals surface area contributed by atoms with Crippen molar-refractivity contribution in [2.24, 2.45) is 5.92 Å². The maximum absolute atomic E-state index is 10.0. The minimum Gasteiger partial charge on any atom is -0.427 e. The van der Waals surface area contributed by atoms with E-state index in [1.165, 1.54) is 6.26 Å². The van der Waals surface area contributed by atoms with Gasteiger partial charge in [0.2, 0.25) is 0 Å². The van der Waals surface area contributed by atoms with Gasteiger partial charge in [-0.05, 0) is 12.0 Å². The first-order chi connectivity index (χ1) is 4.13. The Morgan fingerprint density at radius 2 is 2.22 bits per heavy atom. The second kappa shape index (κ2) is 4.44. The third kappa shape index (κ3) is 7.56. The summed E-state index contributed by atoms with van der Waals surface area (Å²) in [6.07, 6.45) is 3.12. The Morgan fingerprint density at radius 3 is 2.56 bits per heavy atom. The monoisotopic (exact) mass is 146 g/mol. The lowest BCUT2D eigenvalue weighted by Crippen LogP contribution is -1.84. The second-order valence-electron chi connectivity index (χ2n) is 1.96. The SMILES string of the molecule is CC(C)C=COC(=O)S. The third-order valence-corrected chi connectivity index (χ3v) is 0.738. The van der Waals surface area contributed by atoms with Gasteiger partial charge in [-0.15, -0.1) is 0 Å². The van der Waals surface area contributed by atoms with Crippen molar-refractivity contribution in [3.63, 3.8) is 0 Å². The van der Waals surface area contributed by atoms with Gasteiger partial charge in [-0.2, -0.15) is 0 Å². The van der Waals surface area contributed by atoms with Crippen LogP contribution in [0, 0.1) is 5.92 Å². The summed E-state index contributed by atoms with van der Waals surface area (Å²) < 4.78 is 4.40. The first-order valence-electron chi connectivity index (χ1n) is 2.69. The molecule has 0 N–H and O–H groups in total. The topological polar surface area (TPSA) is 26.3 Å². The summed E-state index contributed by atoms with van der Waals surface area (Å²) in [6.45, 7) is 3.98. The van der Waals surface area contributed by atoms with Gasteiger partial charge in [0.05, 0.1) is 6.26 Å². The first kappa shape index (κ1) is 8.56. The molecule has 0 unspecified atom stereocenters. The van der Waals surface area contributed by atoms with Crippen LogP contribution >= 0.6 is 12.6 Å². The van der Waals surface area contributed by atoms with Crippen molar-refractivity contribution in [2.75, 3.05) is 0 Å². The number of carbonyl (C=O) groups excluding carboxylic acids is 1. The van der Waals surface area contributed by atoms with E-state index in [-0.39, 0.29) is 0 Å². The molecule has 0 aromatic rings. The van der Waals surface area contributed by atoms with Crippen LogP contribution in [0.3, 0.4) is 0 Å². The van der Waals surface area contributed by atoms with Gasteiger partial charge in [0.15, 0.2) is 0 Å². The van der Waals surface area contributed by atoms with Gasteiger partial charge < -0.3 is 4.74 Å². The maximum Gasteiger partial charge on any atom is 0.369 e. The van der Waals surface area contributed by atoms with Gasteiger partial charge in [0.25, 0.3) is 0 Å². The lowest BCUT2D eigenvalue weighted by Gasteiger charge is -1.92. The van der Waals surface area contributed by atoms with Crippen molar-refractivity contribution in [1.29, 1.82) is 0 Å². The fourth-order valence-corrected chi connectivity index (χ4v) is 0.315. The summed E-state index contributed by atoms with van der Waals surface area (Å²) >= 11 is 3.39. The molecule has 0 radical (unpaired) electrons. The fourth-order valence-electron chi connectivity index (χ4n) is 0.255. The summed E-state index contributed by atoms with van der Waals surface area (Å²) in [6, 6.07) is 0. The molecule has 2 nitrogen and oxygen atoms in total. The highest BCUT2D eigenvalue weighted by atomic mass is 32.1. The van der Waals surface area contributed by atoms with Crippen LogP contribution in [-0.2, 0) is 4.74 Å². The van der Waals surface area contributed by atoms with Gasteiger partial charge in [-0.3, -0.25) is 0 Å². The lowest BCUT2D eigenvalue weighted by atomic mass is 10.2. The molecule has 0 spiro atoms. The third-order valence-electron chi connectivity index (χ3n) is 0.632. The average molecular weight is 146 g/mol. The lowest BCUT2D eigenvalue weighted by molar-refractivity contribution is 0.214. The van der Waals surface area contributed by atoms with E-state index in [9.17, 15) is 4.79 Å². The molecular weight excluding hydrogens is 136 g/mol. The van der Waals surface area contributed by atoms with Crippen LogP contribution in [0.2, 0.25) is 0 Å². The van der Waals surface area contributed by atoms with E-state index >= 15 is 0 Å². The highest BCUT2D eigenvalue weighted by Gasteiger charge is 1.87. The van der Waals surface area contributed by atoms with Crippen molar-refractivity contribution >= 4 is 17.9 Å². The van der Waals surface area contributed by atoms with Gasteiger partial charge in [0.1, 0.15) is 0 Å². The van der Waals surface area contributed by atoms with Gasteiger partial charge in [-0.1, -0.05) is 26.5 Å². The zero-order chi connectivity index (χ0) is 7.28. The van der Waals surface area contributed by atoms with E-state index in [0.29, 0.717) is 5.92 Å². The van der Waals surface area contributed by atoms with Gasteiger partial charge in [-0.25, -0.2) is 4.79 Å². The molecule has 0 bridgehead atoms. The molecule has 0 aromatic carbocycles. The number of rotatable bonds is 2. The Bertz CT molecular complexity index is 118. The molecule has 0 rings (SSSR count). The van der Waals surface area contributed by atoms with Crippen molar-refractivity contribution in [3.8, 4) is 0 Å². The molecule has 9 heavy (non-hydrogen) atoms. The molecule has 0 fully saturated rings. The maximum atomic E-state index is 10.0. The van der Waals surface area contributed by atoms with E-state index in [4.69, 9.17) is 0 Å². The molecule has 52 valence electrons. The van der Waals surface area contributed by atoms with E-state index < -0.39 is 5.30 Å². The zero-order valence-corrected chi connectivity index (χ0v) is 6.39. The second-order valence-corrected chi connectivity index (χ2v) is 2.32. The van der Waals surface area contributed by atoms with E-state index in [0.717, 1.165) is 0 Å². The zero-order valence-electron chi connectivity index (χ0n) is 5.50. The summed E-state index contributed by atoms with van der Waals surface area (Å²) in [5.74, 6) is 0.401. The van der Waals surface area contributed by atoms with E-state index in [1.807, 2.05) is 13.8 Å². The molecule has 3 heteroatoms. The van der Waals surface area contributed by atoms with Crippen LogP contribution in [-0.4, -0.2) is 5.30 Å². The quantitative estimate of drug-likeness (QED) is 0.367. The average Bonchev–Trinajstić information content (AvgIpc) is 1.63. The number of hydrogen-bond donors (Lipinski definition) is 1. The predicted molar refractivity (Wildman–Crippen MR) is 39.4 cm³/mol. The minimum atomic E-state index is -0.577. The van der Waals surface area contributed by atoms with Crippen molar-refractivity contribution in [1.82, 2.24) is 0 Å². The van der Waals surface area contributed by atoms with E-state index in [1.54, 1.807) is 6.08 Å². The molecule has 0 heterocycles. The molecule has 0 saturated carbocycles. The first-order valence-corrected chi connectivity index (χ1v) is 3.14. The number of thiol groups is 1. The number of hydrogen-bond acceptors (Lipinski definition) is 2. The van der Waals surface area contributed by atoms with Gasteiger partial charge in [0, 0.05) is 0 Å². The minimum absolute atomic E-state index is 0.401. The summed E-state index contributed by atoms with van der Waals surface area (Å²) in [7, 11) is 0. The van der Waals surface area contributed by atoms with Crippen molar-refractivity contribution in [2.45, 2.75) is 13.8 Å². The fraction of sp³-hybridized carbons (Fsp3) is 0.500. The molecular formula is C6H10O2S.